The highest BCUT2D eigenvalue weighted by molar-refractivity contribution is 7.18. The Bertz CT molecular complexity index is 597. The Labute approximate surface area is 121 Å². The Morgan fingerprint density at radius 1 is 1.21 bits per heavy atom. The third-order valence-electron chi connectivity index (χ3n) is 3.61. The van der Waals surface area contributed by atoms with Crippen LogP contribution < -0.4 is 0 Å². The topological polar surface area (TPSA) is 20.3 Å². The fraction of sp³-hybridized carbons (Fsp3) is 0.267. The number of hydrogen-bond acceptors (Lipinski definition) is 3. The molecule has 98 valence electrons. The van der Waals surface area contributed by atoms with Gasteiger partial charge in [0.25, 0.3) is 0 Å². The molecule has 19 heavy (non-hydrogen) atoms. The number of carbonyl (C=O) groups excluding carboxylic acids is 1. The normalized spacial score (nSPS) is 16.3. The van der Waals surface area contributed by atoms with Crippen molar-refractivity contribution in [2.45, 2.75) is 26.1 Å². The van der Waals surface area contributed by atoms with Crippen LogP contribution in [0.2, 0.25) is 4.34 Å². The summed E-state index contributed by atoms with van der Waals surface area (Å²) in [7, 11) is 0. The zero-order valence-electron chi connectivity index (χ0n) is 10.6. The van der Waals surface area contributed by atoms with Gasteiger partial charge in [-0.3, -0.25) is 9.69 Å². The van der Waals surface area contributed by atoms with Crippen molar-refractivity contribution < 1.29 is 4.79 Å². The third kappa shape index (κ3) is 2.46. The maximum atomic E-state index is 12.4. The molecular weight excluding hydrogens is 278 g/mol. The van der Waals surface area contributed by atoms with Gasteiger partial charge in [-0.1, -0.05) is 35.9 Å². The van der Waals surface area contributed by atoms with E-state index < -0.39 is 0 Å². The number of Topliss-reactive ketones (excluding diaryl/α,β-unsaturated/α-hetero) is 1. The Balaban J connectivity index is 1.76. The van der Waals surface area contributed by atoms with Crippen molar-refractivity contribution in [2.24, 2.45) is 0 Å². The molecule has 0 radical (unpaired) electrons. The number of rotatable bonds is 3. The molecule has 0 N–H and O–H groups in total. The van der Waals surface area contributed by atoms with Crippen LogP contribution in [-0.2, 0) is 13.1 Å². The Morgan fingerprint density at radius 2 is 1.84 bits per heavy atom. The van der Waals surface area contributed by atoms with Gasteiger partial charge in [-0.05, 0) is 30.2 Å². The molecule has 1 aromatic carbocycles. The predicted molar refractivity (Wildman–Crippen MR) is 78.8 cm³/mol. The van der Waals surface area contributed by atoms with E-state index in [1.807, 2.05) is 25.1 Å². The molecule has 4 heteroatoms. The van der Waals surface area contributed by atoms with Gasteiger partial charge in [-0.2, -0.15) is 0 Å². The van der Waals surface area contributed by atoms with Crippen LogP contribution in [0, 0.1) is 0 Å². The van der Waals surface area contributed by atoms with Crippen molar-refractivity contribution in [3.63, 3.8) is 0 Å². The summed E-state index contributed by atoms with van der Waals surface area (Å²) in [5.74, 6) is 0.157. The molecule has 3 rings (SSSR count). The molecule has 0 saturated heterocycles. The summed E-state index contributed by atoms with van der Waals surface area (Å²) in [6, 6.07) is 11.9. The van der Waals surface area contributed by atoms with Gasteiger partial charge in [0.2, 0.25) is 0 Å². The number of ketones is 1. The zero-order chi connectivity index (χ0) is 13.4. The first-order valence-corrected chi connectivity index (χ1v) is 7.45. The molecular formula is C15H14ClNOS. The van der Waals surface area contributed by atoms with Crippen LogP contribution in [0.15, 0.2) is 36.4 Å². The monoisotopic (exact) mass is 291 g/mol. The summed E-state index contributed by atoms with van der Waals surface area (Å²) < 4.78 is 0.667. The average molecular weight is 292 g/mol. The number of nitrogens with zero attached hydrogens (tertiary/aromatic N) is 1. The van der Waals surface area contributed by atoms with Crippen molar-refractivity contribution in [2.75, 3.05) is 0 Å². The van der Waals surface area contributed by atoms with Crippen LogP contribution in [0.5, 0.6) is 0 Å². The van der Waals surface area contributed by atoms with Crippen LogP contribution in [0.3, 0.4) is 0 Å². The summed E-state index contributed by atoms with van der Waals surface area (Å²) in [4.78, 5) is 15.4. The summed E-state index contributed by atoms with van der Waals surface area (Å²) >= 11 is 7.25. The maximum Gasteiger partial charge on any atom is 0.189 e. The molecule has 0 bridgehead atoms. The van der Waals surface area contributed by atoms with Crippen molar-refractivity contribution in [3.05, 3.63) is 56.7 Å². The van der Waals surface area contributed by atoms with E-state index in [0.29, 0.717) is 4.34 Å². The predicted octanol–water partition coefficient (Wildman–Crippen LogP) is 3.99. The third-order valence-corrected chi connectivity index (χ3v) is 4.85. The Kier molecular flexibility index (Phi) is 3.44. The lowest BCUT2D eigenvalue weighted by Gasteiger charge is -2.21. The van der Waals surface area contributed by atoms with E-state index in [9.17, 15) is 4.79 Å². The molecule has 1 aliphatic rings. The van der Waals surface area contributed by atoms with Crippen molar-refractivity contribution in [1.82, 2.24) is 4.90 Å². The van der Waals surface area contributed by atoms with E-state index in [1.165, 1.54) is 22.5 Å². The van der Waals surface area contributed by atoms with Crippen LogP contribution in [0.25, 0.3) is 0 Å². The minimum Gasteiger partial charge on any atom is -0.291 e. The number of thiophene rings is 1. The van der Waals surface area contributed by atoms with Gasteiger partial charge < -0.3 is 0 Å². The van der Waals surface area contributed by atoms with Crippen molar-refractivity contribution in [3.8, 4) is 0 Å². The van der Waals surface area contributed by atoms with Gasteiger partial charge in [0.1, 0.15) is 0 Å². The zero-order valence-corrected chi connectivity index (χ0v) is 12.2. The molecule has 1 aliphatic heterocycles. The van der Waals surface area contributed by atoms with Gasteiger partial charge in [0.05, 0.1) is 15.3 Å². The maximum absolute atomic E-state index is 12.4. The second-order valence-corrected chi connectivity index (χ2v) is 6.53. The smallest absolute Gasteiger partial charge is 0.189 e. The van der Waals surface area contributed by atoms with E-state index in [-0.39, 0.29) is 11.8 Å². The van der Waals surface area contributed by atoms with Crippen molar-refractivity contribution >= 4 is 28.7 Å². The highest BCUT2D eigenvalue weighted by Gasteiger charge is 2.28. The SMILES string of the molecule is CC(C(=O)c1ccc(Cl)s1)N1Cc2ccccc2C1. The minimum absolute atomic E-state index is 0.109. The van der Waals surface area contributed by atoms with Gasteiger partial charge >= 0.3 is 0 Å². The first kappa shape index (κ1) is 12.9. The Hall–Kier alpha value is -1.16. The molecule has 0 aliphatic carbocycles. The van der Waals surface area contributed by atoms with Crippen LogP contribution >= 0.6 is 22.9 Å². The molecule has 0 fully saturated rings. The largest absolute Gasteiger partial charge is 0.291 e. The van der Waals surface area contributed by atoms with E-state index in [2.05, 4.69) is 17.0 Å². The summed E-state index contributed by atoms with van der Waals surface area (Å²) in [5, 5.41) is 0. The van der Waals surface area contributed by atoms with E-state index in [1.54, 1.807) is 6.07 Å². The highest BCUT2D eigenvalue weighted by Crippen LogP contribution is 2.28. The molecule has 2 aromatic rings. The summed E-state index contributed by atoms with van der Waals surface area (Å²) in [6.45, 7) is 3.67. The van der Waals surface area contributed by atoms with Crippen molar-refractivity contribution in [1.29, 1.82) is 0 Å². The quantitative estimate of drug-likeness (QED) is 0.797. The standard InChI is InChI=1S/C15H14ClNOS/c1-10(15(18)13-6-7-14(16)19-13)17-8-11-4-2-3-5-12(11)9-17/h2-7,10H,8-9H2,1H3. The first-order chi connectivity index (χ1) is 9.15. The van der Waals surface area contributed by atoms with Gasteiger partial charge in [0, 0.05) is 13.1 Å². The molecule has 1 aromatic heterocycles. The molecule has 0 spiro atoms. The molecule has 2 nitrogen and oxygen atoms in total. The number of hydrogen-bond donors (Lipinski definition) is 0. The molecule has 0 saturated carbocycles. The van der Waals surface area contributed by atoms with Gasteiger partial charge in [0.15, 0.2) is 5.78 Å². The number of halogens is 1. The second kappa shape index (κ2) is 5.08. The lowest BCUT2D eigenvalue weighted by Crippen LogP contribution is -2.34. The summed E-state index contributed by atoms with van der Waals surface area (Å²) in [6.07, 6.45) is 0. The van der Waals surface area contributed by atoms with E-state index in [4.69, 9.17) is 11.6 Å². The fourth-order valence-electron chi connectivity index (χ4n) is 2.45. The molecule has 2 heterocycles. The second-order valence-electron chi connectivity index (χ2n) is 4.82. The lowest BCUT2D eigenvalue weighted by atomic mass is 10.1. The van der Waals surface area contributed by atoms with Crippen LogP contribution in [0.1, 0.15) is 27.7 Å². The van der Waals surface area contributed by atoms with E-state index >= 15 is 0 Å². The molecule has 1 atom stereocenters. The number of carbonyl (C=O) groups is 1. The average Bonchev–Trinajstić information content (AvgIpc) is 3.02. The highest BCUT2D eigenvalue weighted by atomic mass is 35.5. The first-order valence-electron chi connectivity index (χ1n) is 6.25. The fourth-order valence-corrected chi connectivity index (χ4v) is 3.52. The molecule has 1 unspecified atom stereocenters. The van der Waals surface area contributed by atoms with Crippen LogP contribution in [-0.4, -0.2) is 16.7 Å². The van der Waals surface area contributed by atoms with Gasteiger partial charge in [-0.15, -0.1) is 11.3 Å². The molecule has 0 amide bonds. The van der Waals surface area contributed by atoms with E-state index in [0.717, 1.165) is 18.0 Å². The van der Waals surface area contributed by atoms with Crippen LogP contribution in [0.4, 0.5) is 0 Å². The summed E-state index contributed by atoms with van der Waals surface area (Å²) in [5.41, 5.74) is 2.65. The lowest BCUT2D eigenvalue weighted by molar-refractivity contribution is 0.0839. The number of benzene rings is 1. The minimum atomic E-state index is -0.109. The Morgan fingerprint density at radius 3 is 2.37 bits per heavy atom. The van der Waals surface area contributed by atoms with Gasteiger partial charge in [-0.25, -0.2) is 0 Å². The number of fused-ring (bicyclic) bond motifs is 1.